The highest BCUT2D eigenvalue weighted by atomic mass is 16.8. The third-order valence-electron chi connectivity index (χ3n) is 1.47. The molecule has 0 aromatic carbocycles. The predicted molar refractivity (Wildman–Crippen MR) is 37.0 cm³/mol. The molecular weight excluding hydrogens is 146 g/mol. The first-order chi connectivity index (χ1) is 5.09. The van der Waals surface area contributed by atoms with Crippen molar-refractivity contribution < 1.29 is 19.1 Å². The van der Waals surface area contributed by atoms with Crippen molar-refractivity contribution in [3.8, 4) is 0 Å². The lowest BCUT2D eigenvalue weighted by Crippen LogP contribution is -2.28. The Kier molecular flexibility index (Phi) is 1.78. The Morgan fingerprint density at radius 2 is 2.18 bits per heavy atom. The van der Waals surface area contributed by atoms with Crippen molar-refractivity contribution in [1.82, 2.24) is 0 Å². The van der Waals surface area contributed by atoms with Gasteiger partial charge in [0.25, 0.3) is 0 Å². The molecule has 1 aliphatic heterocycles. The van der Waals surface area contributed by atoms with Gasteiger partial charge in [0, 0.05) is 5.57 Å². The number of hydrogen-bond acceptors (Lipinski definition) is 3. The van der Waals surface area contributed by atoms with E-state index >= 15 is 0 Å². The molecule has 11 heavy (non-hydrogen) atoms. The van der Waals surface area contributed by atoms with Crippen LogP contribution in [-0.2, 0) is 14.4 Å². The maximum atomic E-state index is 10.9. The number of nitrogens with zero attached hydrogens (tertiary/aromatic N) is 1. The minimum absolute atomic E-state index is 0.189. The van der Waals surface area contributed by atoms with E-state index in [1.165, 1.54) is 0 Å². The van der Waals surface area contributed by atoms with Crippen LogP contribution in [0, 0.1) is 0 Å². The molecule has 1 heterocycles. The SMILES string of the molecule is C=C(C)C(=O)O[N+]1(C=O)CC1. The first-order valence-electron chi connectivity index (χ1n) is 3.32. The molecule has 0 bridgehead atoms. The summed E-state index contributed by atoms with van der Waals surface area (Å²) in [6.45, 7) is 6.12. The van der Waals surface area contributed by atoms with Crippen LogP contribution in [0.3, 0.4) is 0 Å². The van der Waals surface area contributed by atoms with E-state index in [9.17, 15) is 9.59 Å². The normalized spacial score (nSPS) is 18.6. The summed E-state index contributed by atoms with van der Waals surface area (Å²) in [4.78, 5) is 26.0. The third-order valence-corrected chi connectivity index (χ3v) is 1.47. The maximum absolute atomic E-state index is 10.9. The van der Waals surface area contributed by atoms with Gasteiger partial charge in [0.15, 0.2) is 13.1 Å². The van der Waals surface area contributed by atoms with Gasteiger partial charge in [-0.25, -0.2) is 9.59 Å². The second kappa shape index (κ2) is 2.47. The average molecular weight is 156 g/mol. The summed E-state index contributed by atoms with van der Waals surface area (Å²) in [5.74, 6) is -0.505. The zero-order valence-corrected chi connectivity index (χ0v) is 6.37. The fraction of sp³-hybridized carbons (Fsp3) is 0.429. The zero-order valence-electron chi connectivity index (χ0n) is 6.37. The molecule has 4 nitrogen and oxygen atoms in total. The third kappa shape index (κ3) is 1.65. The van der Waals surface area contributed by atoms with E-state index in [1.807, 2.05) is 0 Å². The van der Waals surface area contributed by atoms with Gasteiger partial charge in [-0.1, -0.05) is 11.2 Å². The lowest BCUT2D eigenvalue weighted by atomic mass is 10.4. The number of carbonyl (C=O) groups excluding carboxylic acids is 2. The van der Waals surface area contributed by atoms with Gasteiger partial charge in [0.05, 0.1) is 0 Å². The highest BCUT2D eigenvalue weighted by Crippen LogP contribution is 2.19. The monoisotopic (exact) mass is 156 g/mol. The van der Waals surface area contributed by atoms with Crippen LogP contribution in [0.15, 0.2) is 12.2 Å². The number of rotatable bonds is 3. The highest BCUT2D eigenvalue weighted by Gasteiger charge is 2.48. The minimum atomic E-state index is -0.505. The molecule has 1 saturated heterocycles. The molecule has 1 aliphatic rings. The lowest BCUT2D eigenvalue weighted by Gasteiger charge is -2.06. The number of carbonyl (C=O) groups is 2. The summed E-state index contributed by atoms with van der Waals surface area (Å²) in [6.07, 6.45) is 0.626. The van der Waals surface area contributed by atoms with E-state index in [0.717, 1.165) is 0 Å². The molecule has 4 heteroatoms. The Labute approximate surface area is 64.6 Å². The molecular formula is C7H10NO3+. The summed E-state index contributed by atoms with van der Waals surface area (Å²) < 4.78 is -0.189. The molecule has 0 unspecified atom stereocenters. The summed E-state index contributed by atoms with van der Waals surface area (Å²) in [5, 5.41) is 0. The summed E-state index contributed by atoms with van der Waals surface area (Å²) >= 11 is 0. The number of hydroxylamine groups is 3. The Bertz CT molecular complexity index is 218. The van der Waals surface area contributed by atoms with Crippen molar-refractivity contribution in [3.05, 3.63) is 12.2 Å². The number of quaternary nitrogens is 1. The van der Waals surface area contributed by atoms with Gasteiger partial charge < -0.3 is 0 Å². The van der Waals surface area contributed by atoms with E-state index in [-0.39, 0.29) is 4.65 Å². The summed E-state index contributed by atoms with van der Waals surface area (Å²) in [5.41, 5.74) is 0.316. The zero-order chi connectivity index (χ0) is 8.48. The van der Waals surface area contributed by atoms with Crippen LogP contribution in [0.25, 0.3) is 0 Å². The van der Waals surface area contributed by atoms with Gasteiger partial charge in [0.2, 0.25) is 0 Å². The molecule has 0 aromatic heterocycles. The van der Waals surface area contributed by atoms with E-state index in [4.69, 9.17) is 4.84 Å². The first kappa shape index (κ1) is 7.94. The van der Waals surface area contributed by atoms with Crippen molar-refractivity contribution in [3.63, 3.8) is 0 Å². The molecule has 0 spiro atoms. The molecule has 0 atom stereocenters. The van der Waals surface area contributed by atoms with Gasteiger partial charge in [-0.15, -0.1) is 0 Å². The maximum Gasteiger partial charge on any atom is 0.393 e. The van der Waals surface area contributed by atoms with Gasteiger partial charge in [-0.05, 0) is 6.92 Å². The second-order valence-electron chi connectivity index (χ2n) is 2.66. The molecule has 0 aromatic rings. The Morgan fingerprint density at radius 3 is 2.45 bits per heavy atom. The number of amides is 1. The Balaban J connectivity index is 2.48. The van der Waals surface area contributed by atoms with Crippen LogP contribution in [0.4, 0.5) is 0 Å². The highest BCUT2D eigenvalue weighted by molar-refractivity contribution is 5.86. The van der Waals surface area contributed by atoms with Crippen LogP contribution in [-0.4, -0.2) is 30.1 Å². The quantitative estimate of drug-likeness (QED) is 0.250. The Hall–Kier alpha value is -1.16. The van der Waals surface area contributed by atoms with Crippen molar-refractivity contribution >= 4 is 12.4 Å². The van der Waals surface area contributed by atoms with E-state index < -0.39 is 5.97 Å². The standard InChI is InChI=1S/C7H10NO3/c1-6(2)7(10)11-8(5-9)3-4-8/h5H,1,3-4H2,2H3/q+1. The van der Waals surface area contributed by atoms with Crippen molar-refractivity contribution in [2.24, 2.45) is 0 Å². The van der Waals surface area contributed by atoms with E-state index in [2.05, 4.69) is 6.58 Å². The smallest absolute Gasteiger partial charge is 0.263 e. The van der Waals surface area contributed by atoms with E-state index in [1.54, 1.807) is 6.92 Å². The molecule has 1 fully saturated rings. The van der Waals surface area contributed by atoms with Crippen LogP contribution in [0.2, 0.25) is 0 Å². The number of hydrogen-bond donors (Lipinski definition) is 0. The van der Waals surface area contributed by atoms with Crippen LogP contribution >= 0.6 is 0 Å². The van der Waals surface area contributed by atoms with Crippen LogP contribution < -0.4 is 0 Å². The molecule has 0 saturated carbocycles. The molecule has 0 radical (unpaired) electrons. The topological polar surface area (TPSA) is 43.4 Å². The van der Waals surface area contributed by atoms with Gasteiger partial charge in [0.1, 0.15) is 0 Å². The fourth-order valence-electron chi connectivity index (χ4n) is 0.560. The molecule has 1 amide bonds. The second-order valence-corrected chi connectivity index (χ2v) is 2.66. The molecule has 0 aliphatic carbocycles. The average Bonchev–Trinajstić information content (AvgIpc) is 2.69. The van der Waals surface area contributed by atoms with Gasteiger partial charge in [-0.3, -0.25) is 4.84 Å². The lowest BCUT2D eigenvalue weighted by molar-refractivity contribution is -0.910. The van der Waals surface area contributed by atoms with Crippen molar-refractivity contribution in [2.75, 3.05) is 13.1 Å². The first-order valence-corrected chi connectivity index (χ1v) is 3.32. The molecule has 60 valence electrons. The van der Waals surface area contributed by atoms with Gasteiger partial charge >= 0.3 is 12.4 Å². The fourth-order valence-corrected chi connectivity index (χ4v) is 0.560. The molecule has 1 rings (SSSR count). The summed E-state index contributed by atoms with van der Waals surface area (Å²) in [7, 11) is 0. The summed E-state index contributed by atoms with van der Waals surface area (Å²) in [6, 6.07) is 0. The van der Waals surface area contributed by atoms with Crippen LogP contribution in [0.5, 0.6) is 0 Å². The van der Waals surface area contributed by atoms with Crippen molar-refractivity contribution in [1.29, 1.82) is 0 Å². The van der Waals surface area contributed by atoms with Crippen LogP contribution in [0.1, 0.15) is 6.92 Å². The Morgan fingerprint density at radius 1 is 1.64 bits per heavy atom. The largest absolute Gasteiger partial charge is 0.393 e. The van der Waals surface area contributed by atoms with E-state index in [0.29, 0.717) is 25.1 Å². The predicted octanol–water partition coefficient (Wildman–Crippen LogP) is 0.00750. The van der Waals surface area contributed by atoms with Crippen molar-refractivity contribution in [2.45, 2.75) is 6.92 Å². The minimum Gasteiger partial charge on any atom is -0.263 e. The molecule has 0 N–H and O–H groups in total. The van der Waals surface area contributed by atoms with Gasteiger partial charge in [-0.2, -0.15) is 0 Å².